The predicted octanol–water partition coefficient (Wildman–Crippen LogP) is 3.22. The van der Waals surface area contributed by atoms with Crippen LogP contribution in [-0.2, 0) is 0 Å². The highest BCUT2D eigenvalue weighted by atomic mass is 32.1. The van der Waals surface area contributed by atoms with Crippen LogP contribution in [0.2, 0.25) is 0 Å². The van der Waals surface area contributed by atoms with E-state index in [0.717, 1.165) is 11.3 Å². The third-order valence-electron chi connectivity index (χ3n) is 2.36. The van der Waals surface area contributed by atoms with Gasteiger partial charge in [0.25, 0.3) is 0 Å². The lowest BCUT2D eigenvalue weighted by atomic mass is 10.1. The van der Waals surface area contributed by atoms with Crippen LogP contribution in [-0.4, -0.2) is 6.04 Å². The molecule has 0 saturated carbocycles. The van der Waals surface area contributed by atoms with Crippen molar-refractivity contribution in [2.45, 2.75) is 19.1 Å². The Hall–Kier alpha value is -1.32. The summed E-state index contributed by atoms with van der Waals surface area (Å²) in [6.45, 7) is 1.96. The highest BCUT2D eigenvalue weighted by Gasteiger charge is 2.18. The summed E-state index contributed by atoms with van der Waals surface area (Å²) in [7, 11) is 0. The Kier molecular flexibility index (Phi) is 3.59. The van der Waals surface area contributed by atoms with Crippen molar-refractivity contribution in [1.29, 1.82) is 0 Å². The van der Waals surface area contributed by atoms with Crippen molar-refractivity contribution in [1.82, 2.24) is 0 Å². The monoisotopic (exact) mass is 233 g/mol. The van der Waals surface area contributed by atoms with E-state index in [1.165, 1.54) is 0 Å². The maximum absolute atomic E-state index is 5.96. The third-order valence-corrected chi connectivity index (χ3v) is 3.06. The standard InChI is InChI=1S/C13H15NOS/c1-10(14)13(11-7-8-16-9-11)15-12-5-3-2-4-6-12/h2-10,13H,14H2,1H3. The Morgan fingerprint density at radius 2 is 1.94 bits per heavy atom. The van der Waals surface area contributed by atoms with Gasteiger partial charge in [-0.2, -0.15) is 11.3 Å². The molecule has 0 saturated heterocycles. The lowest BCUT2D eigenvalue weighted by Gasteiger charge is -2.21. The van der Waals surface area contributed by atoms with Gasteiger partial charge in [0.15, 0.2) is 0 Å². The molecule has 2 nitrogen and oxygen atoms in total. The van der Waals surface area contributed by atoms with E-state index < -0.39 is 0 Å². The van der Waals surface area contributed by atoms with E-state index in [2.05, 4.69) is 11.4 Å². The Bertz CT molecular complexity index is 411. The van der Waals surface area contributed by atoms with E-state index >= 15 is 0 Å². The molecule has 84 valence electrons. The Balaban J connectivity index is 2.16. The van der Waals surface area contributed by atoms with E-state index in [0.29, 0.717) is 0 Å². The van der Waals surface area contributed by atoms with Crippen LogP contribution in [0.15, 0.2) is 47.2 Å². The molecule has 2 atom stereocenters. The molecule has 16 heavy (non-hydrogen) atoms. The van der Waals surface area contributed by atoms with Crippen LogP contribution in [0.3, 0.4) is 0 Å². The zero-order valence-electron chi connectivity index (χ0n) is 9.17. The molecule has 1 aromatic carbocycles. The minimum atomic E-state index is -0.0753. The fraction of sp³-hybridized carbons (Fsp3) is 0.231. The molecular formula is C13H15NOS. The molecule has 2 aromatic rings. The van der Waals surface area contributed by atoms with Gasteiger partial charge in [0, 0.05) is 11.6 Å². The molecule has 1 heterocycles. The third kappa shape index (κ3) is 2.62. The van der Waals surface area contributed by atoms with Gasteiger partial charge in [-0.05, 0) is 35.9 Å². The van der Waals surface area contributed by atoms with Crippen molar-refractivity contribution >= 4 is 11.3 Å². The fourth-order valence-corrected chi connectivity index (χ4v) is 2.25. The topological polar surface area (TPSA) is 35.2 Å². The van der Waals surface area contributed by atoms with Crippen LogP contribution in [0, 0.1) is 0 Å². The Morgan fingerprint density at radius 3 is 2.50 bits per heavy atom. The van der Waals surface area contributed by atoms with E-state index in [4.69, 9.17) is 10.5 Å². The van der Waals surface area contributed by atoms with E-state index in [-0.39, 0.29) is 12.1 Å². The highest BCUT2D eigenvalue weighted by Crippen LogP contribution is 2.25. The maximum Gasteiger partial charge on any atom is 0.139 e. The number of benzene rings is 1. The Morgan fingerprint density at radius 1 is 1.19 bits per heavy atom. The van der Waals surface area contributed by atoms with Gasteiger partial charge >= 0.3 is 0 Å². The summed E-state index contributed by atoms with van der Waals surface area (Å²) in [6.07, 6.45) is -0.0753. The number of ether oxygens (including phenoxy) is 1. The van der Waals surface area contributed by atoms with Crippen molar-refractivity contribution in [3.63, 3.8) is 0 Å². The average Bonchev–Trinajstić information content (AvgIpc) is 2.80. The molecule has 2 rings (SSSR count). The van der Waals surface area contributed by atoms with Crippen LogP contribution in [0.1, 0.15) is 18.6 Å². The molecule has 0 fully saturated rings. The fourth-order valence-electron chi connectivity index (χ4n) is 1.56. The van der Waals surface area contributed by atoms with Crippen LogP contribution < -0.4 is 10.5 Å². The first-order valence-corrected chi connectivity index (χ1v) is 6.21. The minimum Gasteiger partial charge on any atom is -0.484 e. The molecule has 0 radical (unpaired) electrons. The van der Waals surface area contributed by atoms with Gasteiger partial charge < -0.3 is 10.5 Å². The number of rotatable bonds is 4. The second-order valence-corrected chi connectivity index (χ2v) is 4.55. The molecule has 0 aliphatic heterocycles. The maximum atomic E-state index is 5.96. The van der Waals surface area contributed by atoms with Gasteiger partial charge in [0.05, 0.1) is 0 Å². The molecule has 2 N–H and O–H groups in total. The molecule has 0 aliphatic carbocycles. The number of nitrogens with two attached hydrogens (primary N) is 1. The normalized spacial score (nSPS) is 14.4. The van der Waals surface area contributed by atoms with Crippen molar-refractivity contribution in [2.24, 2.45) is 5.73 Å². The zero-order valence-corrected chi connectivity index (χ0v) is 9.98. The first kappa shape index (κ1) is 11.2. The number of thiophene rings is 1. The average molecular weight is 233 g/mol. The number of para-hydroxylation sites is 1. The SMILES string of the molecule is CC(N)C(Oc1ccccc1)c1ccsc1. The molecule has 3 heteroatoms. The predicted molar refractivity (Wildman–Crippen MR) is 67.8 cm³/mol. The summed E-state index contributed by atoms with van der Waals surface area (Å²) in [4.78, 5) is 0. The first-order chi connectivity index (χ1) is 7.77. The van der Waals surface area contributed by atoms with Crippen molar-refractivity contribution in [3.05, 3.63) is 52.7 Å². The summed E-state index contributed by atoms with van der Waals surface area (Å²) < 4.78 is 5.90. The van der Waals surface area contributed by atoms with E-state index in [1.807, 2.05) is 42.6 Å². The van der Waals surface area contributed by atoms with Gasteiger partial charge in [-0.1, -0.05) is 18.2 Å². The largest absolute Gasteiger partial charge is 0.484 e. The van der Waals surface area contributed by atoms with Crippen LogP contribution >= 0.6 is 11.3 Å². The first-order valence-electron chi connectivity index (χ1n) is 5.27. The second-order valence-electron chi connectivity index (χ2n) is 3.77. The lowest BCUT2D eigenvalue weighted by Crippen LogP contribution is -2.28. The summed E-state index contributed by atoms with van der Waals surface area (Å²) in [6, 6.07) is 11.8. The lowest BCUT2D eigenvalue weighted by molar-refractivity contribution is 0.181. The molecule has 1 aromatic heterocycles. The molecule has 0 aliphatic rings. The summed E-state index contributed by atoms with van der Waals surface area (Å²) in [5, 5.41) is 4.12. The molecule has 0 bridgehead atoms. The number of hydrogen-bond acceptors (Lipinski definition) is 3. The molecule has 0 spiro atoms. The molecule has 0 amide bonds. The molecule has 2 unspecified atom stereocenters. The highest BCUT2D eigenvalue weighted by molar-refractivity contribution is 7.07. The van der Waals surface area contributed by atoms with Gasteiger partial charge in [0.2, 0.25) is 0 Å². The summed E-state index contributed by atoms with van der Waals surface area (Å²) >= 11 is 1.66. The Labute approximate surface area is 99.7 Å². The second kappa shape index (κ2) is 5.14. The van der Waals surface area contributed by atoms with Crippen LogP contribution in [0.4, 0.5) is 0 Å². The van der Waals surface area contributed by atoms with Crippen LogP contribution in [0.5, 0.6) is 5.75 Å². The van der Waals surface area contributed by atoms with Crippen molar-refractivity contribution < 1.29 is 4.74 Å². The quantitative estimate of drug-likeness (QED) is 0.880. The number of hydrogen-bond donors (Lipinski definition) is 1. The van der Waals surface area contributed by atoms with Crippen molar-refractivity contribution in [2.75, 3.05) is 0 Å². The molecular weight excluding hydrogens is 218 g/mol. The van der Waals surface area contributed by atoms with Gasteiger partial charge in [0.1, 0.15) is 11.9 Å². The summed E-state index contributed by atoms with van der Waals surface area (Å²) in [5.41, 5.74) is 7.10. The summed E-state index contributed by atoms with van der Waals surface area (Å²) in [5.74, 6) is 0.857. The zero-order chi connectivity index (χ0) is 11.4. The van der Waals surface area contributed by atoms with Crippen LogP contribution in [0.25, 0.3) is 0 Å². The smallest absolute Gasteiger partial charge is 0.139 e. The van der Waals surface area contributed by atoms with Crippen molar-refractivity contribution in [3.8, 4) is 5.75 Å². The van der Waals surface area contributed by atoms with E-state index in [1.54, 1.807) is 11.3 Å². The minimum absolute atomic E-state index is 0.0326. The van der Waals surface area contributed by atoms with Gasteiger partial charge in [-0.15, -0.1) is 0 Å². The van der Waals surface area contributed by atoms with Gasteiger partial charge in [-0.3, -0.25) is 0 Å². The van der Waals surface area contributed by atoms with E-state index in [9.17, 15) is 0 Å². The van der Waals surface area contributed by atoms with Gasteiger partial charge in [-0.25, -0.2) is 0 Å².